The van der Waals surface area contributed by atoms with Gasteiger partial charge >= 0.3 is 5.69 Å². The van der Waals surface area contributed by atoms with Crippen LogP contribution in [-0.4, -0.2) is 25.7 Å². The molecule has 30 heavy (non-hydrogen) atoms. The molecule has 0 saturated heterocycles. The van der Waals surface area contributed by atoms with Gasteiger partial charge in [-0.3, -0.25) is 24.0 Å². The second-order valence-corrected chi connectivity index (χ2v) is 6.82. The van der Waals surface area contributed by atoms with Crippen molar-refractivity contribution in [3.63, 3.8) is 0 Å². The molecular formula is C21H18N4O5. The Balaban J connectivity index is 2.18. The van der Waals surface area contributed by atoms with Crippen molar-refractivity contribution in [2.45, 2.75) is 0 Å². The molecule has 0 spiro atoms. The molecule has 0 aliphatic rings. The highest BCUT2D eigenvalue weighted by molar-refractivity contribution is 5.95. The number of nitro groups is 1. The molecule has 4 aromatic rings. The highest BCUT2D eigenvalue weighted by atomic mass is 16.6. The maximum Gasteiger partial charge on any atom is 0.330 e. The molecule has 152 valence electrons. The van der Waals surface area contributed by atoms with Crippen LogP contribution in [0.2, 0.25) is 0 Å². The topological polar surface area (TPSA) is 101 Å². The van der Waals surface area contributed by atoms with Crippen LogP contribution in [0.25, 0.3) is 27.8 Å². The second kappa shape index (κ2) is 7.03. The van der Waals surface area contributed by atoms with Gasteiger partial charge in [-0.05, 0) is 12.1 Å². The van der Waals surface area contributed by atoms with Gasteiger partial charge in [0.1, 0.15) is 5.75 Å². The summed E-state index contributed by atoms with van der Waals surface area (Å²) in [6.07, 6.45) is 1.68. The normalized spacial score (nSPS) is 11.0. The zero-order chi connectivity index (χ0) is 21.6. The number of rotatable bonds is 4. The largest absolute Gasteiger partial charge is 0.497 e. The fraction of sp³-hybridized carbons (Fsp3) is 0.143. The number of hydrogen-bond acceptors (Lipinski definition) is 5. The molecule has 2 aromatic heterocycles. The van der Waals surface area contributed by atoms with Crippen molar-refractivity contribution in [3.8, 4) is 22.7 Å². The van der Waals surface area contributed by atoms with E-state index in [0.717, 1.165) is 4.57 Å². The molecule has 9 heteroatoms. The maximum atomic E-state index is 13.1. The van der Waals surface area contributed by atoms with E-state index in [1.165, 1.54) is 23.7 Å². The van der Waals surface area contributed by atoms with Crippen LogP contribution in [0, 0.1) is 10.1 Å². The molecule has 0 bridgehead atoms. The van der Waals surface area contributed by atoms with E-state index in [9.17, 15) is 19.7 Å². The smallest absolute Gasteiger partial charge is 0.330 e. The lowest BCUT2D eigenvalue weighted by Gasteiger charge is -2.11. The molecule has 0 aliphatic carbocycles. The summed E-state index contributed by atoms with van der Waals surface area (Å²) in [5, 5.41) is 11.6. The molecule has 0 N–H and O–H groups in total. The van der Waals surface area contributed by atoms with E-state index < -0.39 is 16.2 Å². The molecule has 2 heterocycles. The van der Waals surface area contributed by atoms with E-state index in [0.29, 0.717) is 33.6 Å². The minimum atomic E-state index is -0.488. The summed E-state index contributed by atoms with van der Waals surface area (Å²) >= 11 is 0. The SMILES string of the molecule is COc1cccc(-n2cc3c(c2-c2cccc([N+](=O)[O-])c2)c(=O)n(C)c(=O)n3C)c1. The van der Waals surface area contributed by atoms with E-state index in [1.54, 1.807) is 55.3 Å². The molecule has 0 radical (unpaired) electrons. The first-order valence-electron chi connectivity index (χ1n) is 9.04. The fourth-order valence-electron chi connectivity index (χ4n) is 3.56. The quantitative estimate of drug-likeness (QED) is 0.383. The van der Waals surface area contributed by atoms with E-state index in [2.05, 4.69) is 0 Å². The Morgan fingerprint density at radius 1 is 1.00 bits per heavy atom. The van der Waals surface area contributed by atoms with Crippen molar-refractivity contribution in [1.82, 2.24) is 13.7 Å². The van der Waals surface area contributed by atoms with Crippen molar-refractivity contribution in [2.75, 3.05) is 7.11 Å². The van der Waals surface area contributed by atoms with Crippen molar-refractivity contribution in [1.29, 1.82) is 0 Å². The van der Waals surface area contributed by atoms with Gasteiger partial charge in [0, 0.05) is 49.7 Å². The van der Waals surface area contributed by atoms with Crippen LogP contribution in [0.4, 0.5) is 5.69 Å². The van der Waals surface area contributed by atoms with Crippen molar-refractivity contribution in [2.24, 2.45) is 14.1 Å². The molecule has 0 atom stereocenters. The first kappa shape index (κ1) is 19.2. The molecule has 2 aromatic carbocycles. The van der Waals surface area contributed by atoms with Crippen LogP contribution in [0.1, 0.15) is 0 Å². The predicted octanol–water partition coefficient (Wildman–Crippen LogP) is 2.61. The lowest BCUT2D eigenvalue weighted by Crippen LogP contribution is -2.36. The van der Waals surface area contributed by atoms with E-state index in [1.807, 2.05) is 6.07 Å². The van der Waals surface area contributed by atoms with E-state index in [4.69, 9.17) is 4.74 Å². The van der Waals surface area contributed by atoms with Gasteiger partial charge in [0.2, 0.25) is 0 Å². The Morgan fingerprint density at radius 2 is 1.73 bits per heavy atom. The standard InChI is InChI=1S/C21H18N4O5/c1-22-17-12-24(14-7-5-9-16(11-14)30-3)19(18(17)20(26)23(2)21(22)27)13-6-4-8-15(10-13)25(28)29/h4-12H,1-3H3. The van der Waals surface area contributed by atoms with Gasteiger partial charge in [0.25, 0.3) is 11.2 Å². The minimum Gasteiger partial charge on any atom is -0.497 e. The molecule has 4 rings (SSSR count). The minimum absolute atomic E-state index is 0.0966. The Labute approximate surface area is 170 Å². The van der Waals surface area contributed by atoms with Crippen LogP contribution < -0.4 is 16.0 Å². The Bertz CT molecular complexity index is 1430. The van der Waals surface area contributed by atoms with Crippen molar-refractivity contribution < 1.29 is 9.66 Å². The third-order valence-corrected chi connectivity index (χ3v) is 5.10. The van der Waals surface area contributed by atoms with Crippen molar-refractivity contribution >= 4 is 16.6 Å². The average Bonchev–Trinajstić information content (AvgIpc) is 3.17. The second-order valence-electron chi connectivity index (χ2n) is 6.82. The molecular weight excluding hydrogens is 388 g/mol. The number of nitro benzene ring substituents is 1. The number of nitrogens with zero attached hydrogens (tertiary/aromatic N) is 4. The summed E-state index contributed by atoms with van der Waals surface area (Å²) in [4.78, 5) is 36.3. The summed E-state index contributed by atoms with van der Waals surface area (Å²) in [7, 11) is 4.54. The molecule has 0 unspecified atom stereocenters. The Morgan fingerprint density at radius 3 is 2.43 bits per heavy atom. The molecule has 0 fully saturated rings. The van der Waals surface area contributed by atoms with Crippen LogP contribution in [0.15, 0.2) is 64.3 Å². The fourth-order valence-corrected chi connectivity index (χ4v) is 3.56. The number of methoxy groups -OCH3 is 1. The van der Waals surface area contributed by atoms with E-state index >= 15 is 0 Å². The highest BCUT2D eigenvalue weighted by Gasteiger charge is 2.21. The third-order valence-electron chi connectivity index (χ3n) is 5.10. The molecule has 0 amide bonds. The number of fused-ring (bicyclic) bond motifs is 1. The first-order chi connectivity index (χ1) is 14.3. The predicted molar refractivity (Wildman–Crippen MR) is 112 cm³/mol. The number of non-ortho nitro benzene ring substituents is 1. The van der Waals surface area contributed by atoms with Gasteiger partial charge in [0.05, 0.1) is 28.6 Å². The van der Waals surface area contributed by atoms with Crippen LogP contribution >= 0.6 is 0 Å². The lowest BCUT2D eigenvalue weighted by atomic mass is 10.1. The number of aromatic nitrogens is 3. The summed E-state index contributed by atoms with van der Waals surface area (Å²) in [5.74, 6) is 0.608. The van der Waals surface area contributed by atoms with Gasteiger partial charge in [-0.2, -0.15) is 0 Å². The van der Waals surface area contributed by atoms with Gasteiger partial charge in [-0.15, -0.1) is 0 Å². The molecule has 0 aliphatic heterocycles. The van der Waals surface area contributed by atoms with Gasteiger partial charge in [-0.25, -0.2) is 4.79 Å². The lowest BCUT2D eigenvalue weighted by molar-refractivity contribution is -0.384. The number of ether oxygens (including phenoxy) is 1. The van der Waals surface area contributed by atoms with Crippen LogP contribution in [-0.2, 0) is 14.1 Å². The van der Waals surface area contributed by atoms with Crippen molar-refractivity contribution in [3.05, 3.63) is 85.7 Å². The summed E-state index contributed by atoms with van der Waals surface area (Å²) < 4.78 is 9.46. The number of hydrogen-bond donors (Lipinski definition) is 0. The Kier molecular flexibility index (Phi) is 4.50. The monoisotopic (exact) mass is 406 g/mol. The summed E-state index contributed by atoms with van der Waals surface area (Å²) in [5.41, 5.74) is 1.02. The Hall–Kier alpha value is -4.14. The van der Waals surface area contributed by atoms with Gasteiger partial charge < -0.3 is 9.30 Å². The number of aryl methyl sites for hydroxylation is 1. The maximum absolute atomic E-state index is 13.1. The molecule has 0 saturated carbocycles. The zero-order valence-corrected chi connectivity index (χ0v) is 16.5. The number of benzene rings is 2. The van der Waals surface area contributed by atoms with Crippen LogP contribution in [0.3, 0.4) is 0 Å². The highest BCUT2D eigenvalue weighted by Crippen LogP contribution is 2.33. The van der Waals surface area contributed by atoms with E-state index in [-0.39, 0.29) is 5.69 Å². The third kappa shape index (κ3) is 2.87. The average molecular weight is 406 g/mol. The van der Waals surface area contributed by atoms with Gasteiger partial charge in [-0.1, -0.05) is 18.2 Å². The zero-order valence-electron chi connectivity index (χ0n) is 16.5. The van der Waals surface area contributed by atoms with Gasteiger partial charge in [0.15, 0.2) is 0 Å². The summed E-state index contributed by atoms with van der Waals surface area (Å²) in [6.45, 7) is 0. The first-order valence-corrected chi connectivity index (χ1v) is 9.04. The summed E-state index contributed by atoms with van der Waals surface area (Å²) in [6, 6.07) is 13.3. The van der Waals surface area contributed by atoms with Crippen LogP contribution in [0.5, 0.6) is 5.75 Å². The molecule has 9 nitrogen and oxygen atoms in total.